The molecule has 0 heterocycles. The summed E-state index contributed by atoms with van der Waals surface area (Å²) in [5, 5.41) is 44.0. The van der Waals surface area contributed by atoms with Crippen LogP contribution in [0.5, 0.6) is 11.5 Å². The average Bonchev–Trinajstić information content (AvgIpc) is 2.68. The predicted molar refractivity (Wildman–Crippen MR) is 109 cm³/mol. The highest BCUT2D eigenvalue weighted by atomic mass is 16.3. The van der Waals surface area contributed by atoms with Gasteiger partial charge in [-0.1, -0.05) is 12.1 Å². The van der Waals surface area contributed by atoms with Crippen molar-refractivity contribution in [3.8, 4) is 11.5 Å². The van der Waals surface area contributed by atoms with E-state index in [0.29, 0.717) is 21.4 Å². The number of likely N-dealkylation sites (N-methyl/N-ethyl adjacent to an activating group) is 1. The maximum atomic E-state index is 13.6. The number of ketones is 2. The molecule has 31 heavy (non-hydrogen) atoms. The lowest BCUT2D eigenvalue weighted by Gasteiger charge is -2.45. The van der Waals surface area contributed by atoms with Gasteiger partial charge in [0.15, 0.2) is 11.6 Å². The van der Waals surface area contributed by atoms with Crippen LogP contribution in [-0.4, -0.2) is 63.6 Å². The van der Waals surface area contributed by atoms with E-state index in [0.717, 1.165) is 0 Å². The molecule has 0 radical (unpaired) electrons. The van der Waals surface area contributed by atoms with Crippen molar-refractivity contribution in [3.63, 3.8) is 0 Å². The fraction of sp³-hybridized carbons (Fsp3) is 0.318. The first kappa shape index (κ1) is 20.8. The molecular formula is C22H23N2O7+. The lowest BCUT2D eigenvalue weighted by molar-refractivity contribution is -0.880. The van der Waals surface area contributed by atoms with Gasteiger partial charge in [-0.2, -0.15) is 0 Å². The van der Waals surface area contributed by atoms with E-state index < -0.39 is 52.1 Å². The summed E-state index contributed by atoms with van der Waals surface area (Å²) in [5.74, 6) is -6.05. The van der Waals surface area contributed by atoms with Gasteiger partial charge in [0.05, 0.1) is 31.0 Å². The first-order chi connectivity index (χ1) is 14.4. The third kappa shape index (κ3) is 2.47. The number of aromatic hydroxyl groups is 2. The van der Waals surface area contributed by atoms with E-state index in [-0.39, 0.29) is 23.1 Å². The maximum Gasteiger partial charge on any atom is 0.256 e. The lowest BCUT2D eigenvalue weighted by Crippen LogP contribution is -3.13. The Morgan fingerprint density at radius 2 is 1.84 bits per heavy atom. The van der Waals surface area contributed by atoms with Crippen molar-refractivity contribution in [1.29, 1.82) is 0 Å². The molecule has 0 saturated heterocycles. The number of phenols is 2. The third-order valence-corrected chi connectivity index (χ3v) is 6.61. The summed E-state index contributed by atoms with van der Waals surface area (Å²) >= 11 is 0. The first-order valence-corrected chi connectivity index (χ1v) is 9.75. The molecular weight excluding hydrogens is 404 g/mol. The van der Waals surface area contributed by atoms with Crippen molar-refractivity contribution in [2.24, 2.45) is 11.7 Å². The van der Waals surface area contributed by atoms with Crippen molar-refractivity contribution in [2.75, 3.05) is 14.1 Å². The van der Waals surface area contributed by atoms with Crippen LogP contribution in [0.4, 0.5) is 0 Å². The van der Waals surface area contributed by atoms with Crippen LogP contribution in [0.3, 0.4) is 0 Å². The van der Waals surface area contributed by atoms with Crippen LogP contribution in [0.15, 0.2) is 29.5 Å². The number of hydrogen-bond acceptors (Lipinski definition) is 7. The normalized spacial score (nSPS) is 25.7. The standard InChI is InChI=1S/C22H22N2O7/c1-8-9-5-4-6-12(25)13(9)17(26)14-10(8)7-11-16(24(2)3)18(27)15(21(23)30)20(29)22(11,31)19(14)28/h4-6,11,16,25-26,29,31H,7H2,1-3H3,(H2,23,30)/p+1. The van der Waals surface area contributed by atoms with Gasteiger partial charge in [0.1, 0.15) is 22.8 Å². The minimum absolute atomic E-state index is 0.0275. The molecule has 4 rings (SSSR count). The molecule has 3 atom stereocenters. The van der Waals surface area contributed by atoms with Crippen molar-refractivity contribution in [1.82, 2.24) is 0 Å². The van der Waals surface area contributed by atoms with Crippen LogP contribution in [0.2, 0.25) is 0 Å². The van der Waals surface area contributed by atoms with E-state index in [2.05, 4.69) is 0 Å². The highest BCUT2D eigenvalue weighted by Crippen LogP contribution is 2.49. The van der Waals surface area contributed by atoms with Gasteiger partial charge in [0.25, 0.3) is 5.91 Å². The molecule has 2 aliphatic rings. The minimum atomic E-state index is -2.63. The van der Waals surface area contributed by atoms with Gasteiger partial charge >= 0.3 is 0 Å². The Kier molecular flexibility index (Phi) is 4.39. The molecule has 9 nitrogen and oxygen atoms in total. The van der Waals surface area contributed by atoms with Crippen LogP contribution in [0.1, 0.15) is 21.5 Å². The minimum Gasteiger partial charge on any atom is -0.508 e. The van der Waals surface area contributed by atoms with E-state index in [4.69, 9.17) is 5.73 Å². The SMILES string of the molecule is Cc1c2c(c(O)c3c(O)cccc13)C(=O)C1(O)C(O)=C(C(N)=O)C(=O)C([NH+](C)C)C1C2. The number of Topliss-reactive ketones (excluding diaryl/α,β-unsaturated/α-hetero) is 2. The van der Waals surface area contributed by atoms with Crippen molar-refractivity contribution in [2.45, 2.75) is 25.0 Å². The molecule has 2 aromatic carbocycles. The molecule has 162 valence electrons. The number of nitrogens with two attached hydrogens (primary N) is 1. The van der Waals surface area contributed by atoms with Crippen molar-refractivity contribution in [3.05, 3.63) is 46.2 Å². The number of aliphatic hydroxyl groups is 2. The summed E-state index contributed by atoms with van der Waals surface area (Å²) in [6.07, 6.45) is -0.0275. The number of quaternary nitrogens is 1. The topological polar surface area (TPSA) is 163 Å². The van der Waals surface area contributed by atoms with E-state index in [1.807, 2.05) is 0 Å². The Bertz CT molecular complexity index is 1230. The van der Waals surface area contributed by atoms with E-state index in [1.165, 1.54) is 6.07 Å². The summed E-state index contributed by atoms with van der Waals surface area (Å²) < 4.78 is 0. The number of carbonyl (C=O) groups excluding carboxylic acids is 3. The molecule has 2 aromatic rings. The zero-order valence-corrected chi connectivity index (χ0v) is 17.2. The van der Waals surface area contributed by atoms with Gasteiger partial charge in [-0.05, 0) is 35.9 Å². The molecule has 0 aliphatic heterocycles. The molecule has 2 aliphatic carbocycles. The number of benzene rings is 2. The highest BCUT2D eigenvalue weighted by molar-refractivity contribution is 6.24. The zero-order chi connectivity index (χ0) is 23.0. The Morgan fingerprint density at radius 3 is 2.42 bits per heavy atom. The lowest BCUT2D eigenvalue weighted by atomic mass is 9.61. The number of hydrogen-bond donors (Lipinski definition) is 6. The predicted octanol–water partition coefficient (Wildman–Crippen LogP) is -0.961. The molecule has 0 saturated carbocycles. The van der Waals surface area contributed by atoms with E-state index >= 15 is 0 Å². The molecule has 7 N–H and O–H groups in total. The second-order valence-electron chi connectivity index (χ2n) is 8.44. The first-order valence-electron chi connectivity index (χ1n) is 9.75. The number of nitrogens with one attached hydrogen (secondary N) is 1. The van der Waals surface area contributed by atoms with Gasteiger partial charge in [-0.15, -0.1) is 0 Å². The number of fused-ring (bicyclic) bond motifs is 3. The van der Waals surface area contributed by atoms with Crippen LogP contribution >= 0.6 is 0 Å². The van der Waals surface area contributed by atoms with Gasteiger partial charge in [0, 0.05) is 0 Å². The number of rotatable bonds is 2. The summed E-state index contributed by atoms with van der Waals surface area (Å²) in [6.45, 7) is 1.71. The number of phenolic OH excluding ortho intramolecular Hbond substituents is 2. The zero-order valence-electron chi connectivity index (χ0n) is 17.2. The van der Waals surface area contributed by atoms with Crippen LogP contribution < -0.4 is 10.6 Å². The Labute approximate surface area is 177 Å². The number of aliphatic hydroxyl groups excluding tert-OH is 1. The summed E-state index contributed by atoms with van der Waals surface area (Å²) in [5.41, 5.74) is 2.58. The number of amides is 1. The summed E-state index contributed by atoms with van der Waals surface area (Å²) in [7, 11) is 3.26. The van der Waals surface area contributed by atoms with Crippen LogP contribution in [-0.2, 0) is 16.0 Å². The molecule has 1 amide bonds. The Balaban J connectivity index is 2.11. The van der Waals surface area contributed by atoms with Crippen molar-refractivity contribution < 1.29 is 39.7 Å². The molecule has 0 aromatic heterocycles. The number of carbonyl (C=O) groups is 3. The Morgan fingerprint density at radius 1 is 1.19 bits per heavy atom. The van der Waals surface area contributed by atoms with Gasteiger partial charge in [0.2, 0.25) is 11.6 Å². The van der Waals surface area contributed by atoms with Crippen molar-refractivity contribution >= 4 is 28.2 Å². The van der Waals surface area contributed by atoms with E-state index in [9.17, 15) is 34.8 Å². The van der Waals surface area contributed by atoms with Gasteiger partial charge in [-0.3, -0.25) is 14.4 Å². The van der Waals surface area contributed by atoms with E-state index in [1.54, 1.807) is 33.2 Å². The van der Waals surface area contributed by atoms with Crippen LogP contribution in [0, 0.1) is 12.8 Å². The second kappa shape index (κ2) is 6.53. The number of aryl methyl sites for hydroxylation is 1. The third-order valence-electron chi connectivity index (χ3n) is 6.61. The fourth-order valence-electron chi connectivity index (χ4n) is 5.14. The monoisotopic (exact) mass is 427 g/mol. The molecule has 3 unspecified atom stereocenters. The van der Waals surface area contributed by atoms with Crippen LogP contribution in [0.25, 0.3) is 10.8 Å². The highest BCUT2D eigenvalue weighted by Gasteiger charge is 2.64. The summed E-state index contributed by atoms with van der Waals surface area (Å²) in [4.78, 5) is 39.1. The largest absolute Gasteiger partial charge is 0.508 e. The number of primary amides is 1. The maximum absolute atomic E-state index is 13.6. The molecule has 0 fully saturated rings. The Hall–Kier alpha value is -3.43. The van der Waals surface area contributed by atoms with Gasteiger partial charge in [-0.25, -0.2) is 0 Å². The smallest absolute Gasteiger partial charge is 0.256 e. The average molecular weight is 427 g/mol. The molecule has 9 heteroatoms. The fourth-order valence-corrected chi connectivity index (χ4v) is 5.14. The second-order valence-corrected chi connectivity index (χ2v) is 8.44. The quantitative estimate of drug-likeness (QED) is 0.336. The summed E-state index contributed by atoms with van der Waals surface area (Å²) in [6, 6.07) is 3.59. The molecule has 0 bridgehead atoms. The molecule has 0 spiro atoms. The van der Waals surface area contributed by atoms with Gasteiger partial charge < -0.3 is 31.1 Å².